The van der Waals surface area contributed by atoms with Crippen molar-refractivity contribution < 1.29 is 18.6 Å². The lowest BCUT2D eigenvalue weighted by Gasteiger charge is -2.18. The molecule has 0 bridgehead atoms. The van der Waals surface area contributed by atoms with E-state index >= 15 is 0 Å². The third-order valence-corrected chi connectivity index (χ3v) is 2.28. The molecule has 96 valence electrons. The van der Waals surface area contributed by atoms with E-state index in [9.17, 15) is 13.9 Å². The van der Waals surface area contributed by atoms with Crippen molar-refractivity contribution in [3.05, 3.63) is 35.9 Å². The molecule has 1 atom stereocenters. The number of aliphatic hydroxyl groups excluding tert-OH is 1. The summed E-state index contributed by atoms with van der Waals surface area (Å²) in [5.74, 6) is -2.94. The van der Waals surface area contributed by atoms with Crippen LogP contribution in [0.3, 0.4) is 0 Å². The van der Waals surface area contributed by atoms with Crippen LogP contribution in [0.2, 0.25) is 0 Å². The van der Waals surface area contributed by atoms with Crippen molar-refractivity contribution in [1.82, 2.24) is 5.32 Å². The average Bonchev–Trinajstić information content (AvgIpc) is 2.30. The van der Waals surface area contributed by atoms with Crippen LogP contribution in [0.15, 0.2) is 30.3 Å². The van der Waals surface area contributed by atoms with Gasteiger partial charge in [-0.25, -0.2) is 0 Å². The van der Waals surface area contributed by atoms with Gasteiger partial charge >= 0.3 is 0 Å². The third kappa shape index (κ3) is 4.77. The summed E-state index contributed by atoms with van der Waals surface area (Å²) in [6.45, 7) is -0.294. The average molecular weight is 245 g/mol. The Hall–Kier alpha value is -1.04. The van der Waals surface area contributed by atoms with Gasteiger partial charge in [-0.2, -0.15) is 8.78 Å². The molecule has 0 aliphatic heterocycles. The van der Waals surface area contributed by atoms with Crippen LogP contribution in [0, 0.1) is 0 Å². The Labute approximate surface area is 99.4 Å². The van der Waals surface area contributed by atoms with E-state index in [0.29, 0.717) is 0 Å². The van der Waals surface area contributed by atoms with Crippen LogP contribution in [0.25, 0.3) is 0 Å². The molecule has 5 heteroatoms. The summed E-state index contributed by atoms with van der Waals surface area (Å²) in [7, 11) is 1.45. The topological polar surface area (TPSA) is 41.5 Å². The van der Waals surface area contributed by atoms with E-state index in [-0.39, 0.29) is 18.7 Å². The lowest BCUT2D eigenvalue weighted by atomic mass is 10.1. The number of hydrogen-bond donors (Lipinski definition) is 2. The minimum Gasteiger partial charge on any atom is -0.389 e. The fourth-order valence-corrected chi connectivity index (χ4v) is 1.43. The first kappa shape index (κ1) is 14.0. The van der Waals surface area contributed by atoms with Crippen molar-refractivity contribution in [3.8, 4) is 0 Å². The molecule has 1 unspecified atom stereocenters. The predicted molar refractivity (Wildman–Crippen MR) is 61.1 cm³/mol. The molecule has 17 heavy (non-hydrogen) atoms. The maximum atomic E-state index is 13.6. The van der Waals surface area contributed by atoms with Crippen LogP contribution in [-0.2, 0) is 10.7 Å². The number of aliphatic hydroxyl groups is 1. The normalized spacial score (nSPS) is 13.6. The highest BCUT2D eigenvalue weighted by atomic mass is 19.3. The molecule has 1 rings (SSSR count). The molecule has 0 saturated heterocycles. The molecular formula is C12H17F2NO2. The molecule has 0 radical (unpaired) electrons. The van der Waals surface area contributed by atoms with Gasteiger partial charge in [0.15, 0.2) is 0 Å². The largest absolute Gasteiger partial charge is 0.389 e. The van der Waals surface area contributed by atoms with Gasteiger partial charge in [0.2, 0.25) is 0 Å². The first-order valence-corrected chi connectivity index (χ1v) is 5.37. The highest BCUT2D eigenvalue weighted by molar-refractivity contribution is 5.20. The first-order chi connectivity index (χ1) is 8.06. The van der Waals surface area contributed by atoms with Gasteiger partial charge in [-0.1, -0.05) is 30.3 Å². The van der Waals surface area contributed by atoms with Gasteiger partial charge in [0.25, 0.3) is 5.92 Å². The number of alkyl halides is 2. The van der Waals surface area contributed by atoms with Gasteiger partial charge in [0.1, 0.15) is 0 Å². The summed E-state index contributed by atoms with van der Waals surface area (Å²) in [6.07, 6.45) is -0.772. The zero-order chi connectivity index (χ0) is 12.7. The maximum Gasteiger partial charge on any atom is 0.285 e. The lowest BCUT2D eigenvalue weighted by Crippen LogP contribution is -2.37. The number of ether oxygens (including phenoxy) is 1. The van der Waals surface area contributed by atoms with Crippen LogP contribution in [0.1, 0.15) is 5.56 Å². The Morgan fingerprint density at radius 1 is 1.35 bits per heavy atom. The van der Waals surface area contributed by atoms with Crippen LogP contribution >= 0.6 is 0 Å². The number of methoxy groups -OCH3 is 1. The molecule has 0 spiro atoms. The Kier molecular flexibility index (Phi) is 5.47. The fraction of sp³-hybridized carbons (Fsp3) is 0.500. The fourth-order valence-electron chi connectivity index (χ4n) is 1.43. The van der Waals surface area contributed by atoms with Crippen molar-refractivity contribution >= 4 is 0 Å². The zero-order valence-electron chi connectivity index (χ0n) is 9.70. The molecule has 0 aliphatic rings. The predicted octanol–water partition coefficient (Wildman–Crippen LogP) is 1.38. The second-order valence-electron chi connectivity index (χ2n) is 3.81. The number of hydrogen-bond acceptors (Lipinski definition) is 3. The van der Waals surface area contributed by atoms with Gasteiger partial charge in [-0.3, -0.25) is 0 Å². The number of rotatable bonds is 7. The van der Waals surface area contributed by atoms with Crippen LogP contribution < -0.4 is 5.32 Å². The zero-order valence-corrected chi connectivity index (χ0v) is 9.70. The molecule has 3 nitrogen and oxygen atoms in total. The van der Waals surface area contributed by atoms with E-state index in [1.807, 2.05) is 0 Å². The Bertz CT molecular complexity index is 320. The first-order valence-electron chi connectivity index (χ1n) is 5.37. The Balaban J connectivity index is 2.40. The van der Waals surface area contributed by atoms with E-state index in [2.05, 4.69) is 5.32 Å². The number of nitrogens with one attached hydrogen (secondary N) is 1. The molecular weight excluding hydrogens is 228 g/mol. The number of halogens is 2. The molecule has 0 saturated carbocycles. The van der Waals surface area contributed by atoms with Gasteiger partial charge in [-0.15, -0.1) is 0 Å². The molecule has 1 aromatic rings. The van der Waals surface area contributed by atoms with Gasteiger partial charge in [0, 0.05) is 19.2 Å². The highest BCUT2D eigenvalue weighted by Crippen LogP contribution is 2.26. The Morgan fingerprint density at radius 3 is 2.59 bits per heavy atom. The SMILES string of the molecule is COCC(O)CNCC(F)(F)c1ccccc1. The van der Waals surface area contributed by atoms with E-state index in [0.717, 1.165) is 0 Å². The lowest BCUT2D eigenvalue weighted by molar-refractivity contribution is -0.00834. The van der Waals surface area contributed by atoms with Crippen molar-refractivity contribution in [2.45, 2.75) is 12.0 Å². The molecule has 0 amide bonds. The van der Waals surface area contributed by atoms with Gasteiger partial charge in [0.05, 0.1) is 19.3 Å². The third-order valence-electron chi connectivity index (χ3n) is 2.28. The van der Waals surface area contributed by atoms with E-state index in [4.69, 9.17) is 4.74 Å². The quantitative estimate of drug-likeness (QED) is 0.762. The summed E-state index contributed by atoms with van der Waals surface area (Å²) in [6, 6.07) is 7.60. The molecule has 0 aliphatic carbocycles. The van der Waals surface area contributed by atoms with Crippen molar-refractivity contribution in [1.29, 1.82) is 0 Å². The van der Waals surface area contributed by atoms with Crippen molar-refractivity contribution in [2.24, 2.45) is 0 Å². The molecule has 0 aromatic heterocycles. The summed E-state index contributed by atoms with van der Waals surface area (Å²) in [4.78, 5) is 0. The Morgan fingerprint density at radius 2 is 2.00 bits per heavy atom. The van der Waals surface area contributed by atoms with Gasteiger partial charge in [-0.05, 0) is 0 Å². The van der Waals surface area contributed by atoms with Crippen LogP contribution in [0.4, 0.5) is 8.78 Å². The molecule has 2 N–H and O–H groups in total. The monoisotopic (exact) mass is 245 g/mol. The summed E-state index contributed by atoms with van der Waals surface area (Å²) in [5.41, 5.74) is -0.0336. The van der Waals surface area contributed by atoms with Gasteiger partial charge < -0.3 is 15.2 Å². The number of benzene rings is 1. The van der Waals surface area contributed by atoms with E-state index < -0.39 is 18.6 Å². The highest BCUT2D eigenvalue weighted by Gasteiger charge is 2.30. The standard InChI is InChI=1S/C12H17F2NO2/c1-17-8-11(16)7-15-9-12(13,14)10-5-3-2-4-6-10/h2-6,11,15-16H,7-9H2,1H3. The minimum atomic E-state index is -2.94. The second kappa shape index (κ2) is 6.64. The van der Waals surface area contributed by atoms with E-state index in [1.54, 1.807) is 18.2 Å². The molecule has 0 fully saturated rings. The molecule has 0 heterocycles. The van der Waals surface area contributed by atoms with Crippen LogP contribution in [0.5, 0.6) is 0 Å². The summed E-state index contributed by atoms with van der Waals surface area (Å²) in [5, 5.41) is 11.8. The smallest absolute Gasteiger partial charge is 0.285 e. The maximum absolute atomic E-state index is 13.6. The second-order valence-corrected chi connectivity index (χ2v) is 3.81. The van der Waals surface area contributed by atoms with Crippen LogP contribution in [-0.4, -0.2) is 38.0 Å². The van der Waals surface area contributed by atoms with Crippen molar-refractivity contribution in [2.75, 3.05) is 26.8 Å². The summed E-state index contributed by atoms with van der Waals surface area (Å²) >= 11 is 0. The van der Waals surface area contributed by atoms with E-state index in [1.165, 1.54) is 19.2 Å². The minimum absolute atomic E-state index is 0.0336. The molecule has 1 aromatic carbocycles. The van der Waals surface area contributed by atoms with Crippen molar-refractivity contribution in [3.63, 3.8) is 0 Å². The summed E-state index contributed by atoms with van der Waals surface area (Å²) < 4.78 is 31.9.